The molecular weight excluding hydrogens is 1470 g/mol. The number of aliphatic imine (C=N–C) groups is 3. The summed E-state index contributed by atoms with van der Waals surface area (Å²) in [6.45, 7) is 37.2. The lowest BCUT2D eigenvalue weighted by molar-refractivity contribution is 0.0988. The number of nitrogens with zero attached hydrogens (tertiary/aromatic N) is 21. The number of carbonyl (C=O) groups excluding carboxylic acids is 3. The van der Waals surface area contributed by atoms with Crippen molar-refractivity contribution in [2.24, 2.45) is 15.0 Å². The van der Waals surface area contributed by atoms with Gasteiger partial charge < -0.3 is 53.0 Å². The van der Waals surface area contributed by atoms with Crippen LogP contribution >= 0.6 is 0 Å². The molecule has 0 atom stereocenters. The maximum atomic E-state index is 13.4. The molecule has 0 aromatic carbocycles. The number of nitrogens with one attached hydrogen (secondary N) is 3. The number of ketones is 3. The van der Waals surface area contributed by atoms with Crippen LogP contribution in [-0.4, -0.2) is 130 Å². The first-order chi connectivity index (χ1) is 54.8. The van der Waals surface area contributed by atoms with Crippen molar-refractivity contribution in [3.05, 3.63) is 212 Å². The first-order valence-electron chi connectivity index (χ1n) is 38.1. The Hall–Kier alpha value is -13.5. The van der Waals surface area contributed by atoms with Gasteiger partial charge in [-0.25, -0.2) is 48.8 Å². The molecule has 0 aliphatic carbocycles. The van der Waals surface area contributed by atoms with Gasteiger partial charge in [0.1, 0.15) is 34.2 Å². The summed E-state index contributed by atoms with van der Waals surface area (Å²) in [7, 11) is 0. The van der Waals surface area contributed by atoms with Crippen LogP contribution < -0.4 is 33.2 Å². The lowest BCUT2D eigenvalue weighted by Crippen LogP contribution is -2.19. The monoisotopic (exact) mass is 1560 g/mol. The van der Waals surface area contributed by atoms with E-state index in [1.165, 1.54) is 16.8 Å². The molecule has 4 aliphatic heterocycles. The number of Topliss-reactive ketones (excluding diaryl/α,β-unsaturated/α-hetero) is 3. The van der Waals surface area contributed by atoms with Crippen molar-refractivity contribution in [3.8, 4) is 0 Å². The molecule has 33 heteroatoms. The Morgan fingerprint density at radius 2 is 1.08 bits per heavy atom. The molecule has 0 radical (unpaired) electrons. The normalized spacial score (nSPS) is 13.3. The van der Waals surface area contributed by atoms with E-state index in [0.717, 1.165) is 56.4 Å². The highest BCUT2D eigenvalue weighted by Gasteiger charge is 2.27. The van der Waals surface area contributed by atoms with Crippen molar-refractivity contribution in [2.45, 2.75) is 185 Å². The Bertz CT molecular complexity index is 6420. The Morgan fingerprint density at radius 3 is 1.76 bits per heavy atom. The summed E-state index contributed by atoms with van der Waals surface area (Å²) >= 11 is 0. The molecule has 4 aliphatic rings. The van der Waals surface area contributed by atoms with Gasteiger partial charge >= 0.3 is 0 Å². The van der Waals surface area contributed by atoms with Crippen LogP contribution in [-0.2, 0) is 6.54 Å². The summed E-state index contributed by atoms with van der Waals surface area (Å²) in [6.07, 6.45) is 30.6. The first kappa shape index (κ1) is 81.0. The van der Waals surface area contributed by atoms with Gasteiger partial charge in [-0.3, -0.25) is 51.6 Å². The summed E-state index contributed by atoms with van der Waals surface area (Å²) in [6, 6.07) is 17.1. The van der Waals surface area contributed by atoms with E-state index < -0.39 is 5.82 Å². The second-order valence-electron chi connectivity index (χ2n) is 30.0. The van der Waals surface area contributed by atoms with Crippen LogP contribution in [0.15, 0.2) is 182 Å². The zero-order valence-corrected chi connectivity index (χ0v) is 67.3. The Labute approximate surface area is 659 Å². The maximum absolute atomic E-state index is 13.4. The average molecular weight is 1560 g/mol. The SMILES string of the molecule is C=C1Cn2c(nc3c(ccn3C(C)C)c2=O)N1.CC(C)n1cc(F)c2c1N=CCC2=O.CC(C)n1ccc(=O)c2nccn21.CC(C)n1ccc2c(=O)n3ccnc3[nH]c21.CC(C)n1ccc2c(N)ccnc21.CC(C)n1ccc2c1N=CCC2=O.CC(C)n1cnc2c(=O)[nH]c3cccn3c21.CC(C)n1cnc2c1N=CCC2=O. The van der Waals surface area contributed by atoms with Gasteiger partial charge in [-0.05, 0) is 153 Å². The minimum Gasteiger partial charge on any atom is -0.398 e. The third kappa shape index (κ3) is 16.4. The van der Waals surface area contributed by atoms with Crippen LogP contribution in [0.1, 0.15) is 210 Å². The Morgan fingerprint density at radius 1 is 0.487 bits per heavy atom. The second kappa shape index (κ2) is 33.8. The maximum Gasteiger partial charge on any atom is 0.279 e. The van der Waals surface area contributed by atoms with E-state index in [0.29, 0.717) is 101 Å². The lowest BCUT2D eigenvalue weighted by atomic mass is 10.1. The van der Waals surface area contributed by atoms with Crippen molar-refractivity contribution >= 4 is 126 Å². The second-order valence-corrected chi connectivity index (χ2v) is 30.0. The van der Waals surface area contributed by atoms with Gasteiger partial charge in [0.05, 0.1) is 41.1 Å². The fourth-order valence-electron chi connectivity index (χ4n) is 13.5. The zero-order valence-electron chi connectivity index (χ0n) is 67.3. The van der Waals surface area contributed by atoms with Gasteiger partial charge in [-0.2, -0.15) is 4.98 Å². The number of allylic oxidation sites excluding steroid dienone is 1. The quantitative estimate of drug-likeness (QED) is 0.110. The van der Waals surface area contributed by atoms with E-state index in [1.54, 1.807) is 82.0 Å². The van der Waals surface area contributed by atoms with E-state index in [2.05, 4.69) is 154 Å². The molecule has 19 heterocycles. The molecule has 5 N–H and O–H groups in total. The van der Waals surface area contributed by atoms with Gasteiger partial charge in [0.2, 0.25) is 17.2 Å². The topological polar surface area (TPSA) is 361 Å². The molecule has 0 saturated carbocycles. The fraction of sp³-hybridized carbons (Fsp3) is 0.341. The van der Waals surface area contributed by atoms with Crippen LogP contribution in [0, 0.1) is 5.82 Å². The highest BCUT2D eigenvalue weighted by Crippen LogP contribution is 2.33. The van der Waals surface area contributed by atoms with Crippen LogP contribution in [0.25, 0.3) is 61.3 Å². The molecule has 15 aromatic rings. The highest BCUT2D eigenvalue weighted by molar-refractivity contribution is 6.11. The van der Waals surface area contributed by atoms with E-state index in [-0.39, 0.29) is 69.6 Å². The number of fused-ring (bicyclic) bond motifs is 12. The van der Waals surface area contributed by atoms with Gasteiger partial charge in [0.15, 0.2) is 51.5 Å². The average Bonchev–Trinajstić information content (AvgIpc) is 1.62. The van der Waals surface area contributed by atoms with Crippen molar-refractivity contribution < 1.29 is 18.8 Å². The number of halogens is 1. The number of rotatable bonds is 8. The van der Waals surface area contributed by atoms with E-state index in [1.807, 2.05) is 133 Å². The molecule has 0 bridgehead atoms. The number of nitrogen functional groups attached to an aromatic ring is 1. The van der Waals surface area contributed by atoms with Gasteiger partial charge in [0.25, 0.3) is 16.7 Å². The summed E-state index contributed by atoms with van der Waals surface area (Å²) in [4.78, 5) is 125. The number of nitrogens with two attached hydrogens (primary N) is 1. The van der Waals surface area contributed by atoms with Crippen LogP contribution in [0.5, 0.6) is 0 Å². The number of pyridine rings is 1. The van der Waals surface area contributed by atoms with Gasteiger partial charge in [-0.15, -0.1) is 0 Å². The summed E-state index contributed by atoms with van der Waals surface area (Å²) < 4.78 is 36.0. The Balaban J connectivity index is 0.000000122. The van der Waals surface area contributed by atoms with Crippen LogP contribution in [0.4, 0.5) is 33.5 Å². The number of anilines is 2. The number of hydrogen-bond donors (Lipinski definition) is 4. The van der Waals surface area contributed by atoms with Crippen LogP contribution in [0.3, 0.4) is 0 Å². The standard InChI is InChI=1S/C12H14N4O.2C11H12N4O.C10H11FN2O.C10H13N3.C10H12N2O.2C9H11N3O/c1-7(2)15-5-4-9-10(15)14-12-13-8(3)6-16(12)11(9)17;1-7(2)14-5-3-8-9(14)13-11-12-4-6-15(11)10(8)16;1-7(2)15-6-12-9-10(16)13-8-4-3-5-14(8)11(9)15;1-6(2)13-5-7(11)9-8(14)3-4-12-10(9)13;1-7(2)13-6-4-8-9(11)3-5-12-10(8)13;1-7(2)12-6-4-8-9(13)3-5-11-10(8)12;1-7(2)11-5-3-8(13)9-10-4-6-12(9)11;1-6(2)12-5-11-8-7(13)3-4-10-9(8)12/h4-5,7H,3,6H2,1-2H3,(H,13,14);3-7H,1-2H3,(H,12,13);3-7H,1-2H3,(H,13,16);4-6H,3H2,1-2H3;3-7H,1-2H3,(H2,11,12);4-7H,3H2,1-2H3;3-7H,1-2H3;4-6H,3H2,1-2H3. The molecule has 32 nitrogen and oxygen atoms in total. The zero-order chi connectivity index (χ0) is 82.7. The summed E-state index contributed by atoms with van der Waals surface area (Å²) in [5, 5.41) is 5.43. The summed E-state index contributed by atoms with van der Waals surface area (Å²) in [5.74, 6) is 2.72. The first-order valence-corrected chi connectivity index (χ1v) is 38.1. The molecule has 598 valence electrons. The third-order valence-electron chi connectivity index (χ3n) is 19.4. The van der Waals surface area contributed by atoms with E-state index in [9.17, 15) is 38.0 Å². The predicted octanol–water partition coefficient (Wildman–Crippen LogP) is 14.7. The molecule has 19 rings (SSSR count). The Kier molecular flexibility index (Phi) is 23.8. The number of imidazole rings is 4. The highest BCUT2D eigenvalue weighted by atomic mass is 19.1. The van der Waals surface area contributed by atoms with E-state index in [4.69, 9.17) is 5.73 Å². The van der Waals surface area contributed by atoms with Crippen molar-refractivity contribution in [1.29, 1.82) is 0 Å². The number of hydrogen-bond acceptors (Lipinski definition) is 18. The number of H-pyrrole nitrogens is 2. The number of carbonyl (C=O) groups is 3. The van der Waals surface area contributed by atoms with E-state index >= 15 is 0 Å². The largest absolute Gasteiger partial charge is 0.398 e. The lowest BCUT2D eigenvalue weighted by Gasteiger charge is -2.12. The molecule has 115 heavy (non-hydrogen) atoms. The molecule has 0 spiro atoms. The molecular formula is C82H96FN25O7. The number of aromatic amines is 2. The minimum atomic E-state index is -0.462. The third-order valence-corrected chi connectivity index (χ3v) is 19.4. The van der Waals surface area contributed by atoms with Crippen molar-refractivity contribution in [2.75, 3.05) is 11.1 Å². The van der Waals surface area contributed by atoms with Gasteiger partial charge in [0, 0.05) is 183 Å². The summed E-state index contributed by atoms with van der Waals surface area (Å²) in [5.41, 5.74) is 13.8. The van der Waals surface area contributed by atoms with Gasteiger partial charge in [-0.1, -0.05) is 6.58 Å². The molecule has 0 fully saturated rings. The fourth-order valence-corrected chi connectivity index (χ4v) is 13.5. The van der Waals surface area contributed by atoms with Crippen LogP contribution in [0.2, 0.25) is 0 Å². The minimum absolute atomic E-state index is 0.00412. The number of aromatic nitrogens is 20. The molecule has 0 amide bonds. The molecule has 0 saturated heterocycles. The predicted molar refractivity (Wildman–Crippen MR) is 448 cm³/mol. The molecule has 0 unspecified atom stereocenters. The van der Waals surface area contributed by atoms with Crippen molar-refractivity contribution in [1.82, 2.24) is 94.4 Å². The smallest absolute Gasteiger partial charge is 0.279 e. The van der Waals surface area contributed by atoms with Crippen molar-refractivity contribution in [3.63, 3.8) is 0 Å². The molecule has 15 aromatic heterocycles.